The number of rotatable bonds is 10. The number of fused-ring (bicyclic) bond motifs is 4. The van der Waals surface area contributed by atoms with Gasteiger partial charge < -0.3 is 34.4 Å². The third-order valence-electron chi connectivity index (χ3n) is 8.31. The number of hydrogen-bond donors (Lipinski definition) is 3. The van der Waals surface area contributed by atoms with E-state index in [2.05, 4.69) is 15.3 Å². The molecule has 5 aromatic rings. The zero-order chi connectivity index (χ0) is 30.8. The molecular formula is C35H35N3O6. The molecule has 2 heterocycles. The molecule has 0 fully saturated rings. The number of carbonyl (C=O) groups is 1. The molecule has 6 rings (SSSR count). The van der Waals surface area contributed by atoms with Gasteiger partial charge in [-0.25, -0.2) is 4.98 Å². The predicted molar refractivity (Wildman–Crippen MR) is 169 cm³/mol. The molecule has 0 unspecified atom stereocenters. The van der Waals surface area contributed by atoms with E-state index in [1.807, 2.05) is 60.8 Å². The molecule has 1 aliphatic carbocycles. The smallest absolute Gasteiger partial charge is 0.252 e. The first-order valence-electron chi connectivity index (χ1n) is 14.5. The van der Waals surface area contributed by atoms with Crippen molar-refractivity contribution in [1.29, 1.82) is 0 Å². The third-order valence-corrected chi connectivity index (χ3v) is 8.31. The molecule has 3 aromatic carbocycles. The number of aryl methyl sites for hydroxylation is 1. The lowest BCUT2D eigenvalue weighted by atomic mass is 9.81. The summed E-state index contributed by atoms with van der Waals surface area (Å²) in [6.45, 7) is -0.223. The van der Waals surface area contributed by atoms with E-state index in [9.17, 15) is 9.90 Å². The van der Waals surface area contributed by atoms with Crippen molar-refractivity contribution in [2.24, 2.45) is 0 Å². The van der Waals surface area contributed by atoms with Crippen LogP contribution in [0.15, 0.2) is 67.0 Å². The Morgan fingerprint density at radius 1 is 0.909 bits per heavy atom. The van der Waals surface area contributed by atoms with Crippen LogP contribution in [0.25, 0.3) is 33.2 Å². The predicted octanol–water partition coefficient (Wildman–Crippen LogP) is 5.36. The van der Waals surface area contributed by atoms with Crippen molar-refractivity contribution in [2.75, 3.05) is 35.0 Å². The number of aliphatic hydroxyl groups excluding tert-OH is 1. The van der Waals surface area contributed by atoms with Crippen molar-refractivity contribution >= 4 is 16.8 Å². The minimum atomic E-state index is -0.516. The minimum Gasteiger partial charge on any atom is -0.493 e. The molecule has 9 nitrogen and oxygen atoms in total. The molecule has 9 heteroatoms. The Balaban J connectivity index is 1.46. The summed E-state index contributed by atoms with van der Waals surface area (Å²) in [5.41, 5.74) is 7.74. The summed E-state index contributed by atoms with van der Waals surface area (Å²) < 4.78 is 22.7. The number of amides is 1. The van der Waals surface area contributed by atoms with Crippen LogP contribution in [-0.2, 0) is 19.3 Å². The molecule has 0 aliphatic heterocycles. The number of nitrogens with one attached hydrogen (secondary N) is 2. The number of H-pyrrole nitrogens is 1. The Bertz CT molecular complexity index is 1850. The number of para-hydroxylation sites is 1. The second-order valence-corrected chi connectivity index (χ2v) is 10.7. The molecule has 3 N–H and O–H groups in total. The summed E-state index contributed by atoms with van der Waals surface area (Å²) in [6.07, 6.45) is 5.49. The van der Waals surface area contributed by atoms with Gasteiger partial charge in [0.2, 0.25) is 11.6 Å². The molecule has 1 aliphatic rings. The summed E-state index contributed by atoms with van der Waals surface area (Å²) in [4.78, 5) is 21.9. The highest BCUT2D eigenvalue weighted by Crippen LogP contribution is 2.49. The van der Waals surface area contributed by atoms with Gasteiger partial charge in [-0.3, -0.25) is 4.79 Å². The number of benzene rings is 3. The number of ether oxygens (including phenoxy) is 4. The average molecular weight is 594 g/mol. The number of carbonyl (C=O) groups excluding carboxylic acids is 1. The maximum Gasteiger partial charge on any atom is 0.252 e. The molecule has 0 bridgehead atoms. The van der Waals surface area contributed by atoms with E-state index in [0.29, 0.717) is 46.2 Å². The summed E-state index contributed by atoms with van der Waals surface area (Å²) in [5, 5.41) is 14.5. The van der Waals surface area contributed by atoms with Gasteiger partial charge >= 0.3 is 0 Å². The molecule has 44 heavy (non-hydrogen) atoms. The Labute approximate surface area is 255 Å². The first-order chi connectivity index (χ1) is 21.5. The van der Waals surface area contributed by atoms with E-state index >= 15 is 0 Å². The maximum atomic E-state index is 14.2. The number of aromatic amines is 1. The van der Waals surface area contributed by atoms with Crippen molar-refractivity contribution in [3.63, 3.8) is 0 Å². The highest BCUT2D eigenvalue weighted by atomic mass is 16.5. The highest BCUT2D eigenvalue weighted by molar-refractivity contribution is 6.03. The van der Waals surface area contributed by atoms with E-state index < -0.39 is 6.04 Å². The topological polar surface area (TPSA) is 115 Å². The molecule has 0 spiro atoms. The van der Waals surface area contributed by atoms with Crippen LogP contribution in [0, 0.1) is 0 Å². The minimum absolute atomic E-state index is 0.223. The first kappa shape index (κ1) is 29.1. The molecule has 0 saturated carbocycles. The molecule has 0 radical (unpaired) electrons. The van der Waals surface area contributed by atoms with Crippen molar-refractivity contribution in [2.45, 2.75) is 25.3 Å². The molecule has 0 saturated heterocycles. The maximum absolute atomic E-state index is 14.2. The standard InChI is InChI=1S/C35H35N3O6/c1-41-31-17-28-24(32(42-2)33(31)43-3)12-11-20-15-27(25-9-7-13-36-35(25)44-4)29(16-26(20)28)34(40)38-22(19-39)14-21-18-37-30-10-6-5-8-23(21)30/h5-10,13,15-18,22,37,39H,11-12,14,19H2,1-4H3,(H,38,40)/t22-/m1/s1. The number of aromatic nitrogens is 2. The summed E-state index contributed by atoms with van der Waals surface area (Å²) in [5.74, 6) is 1.81. The van der Waals surface area contributed by atoms with Crippen LogP contribution < -0.4 is 24.3 Å². The number of aliphatic hydroxyl groups is 1. The monoisotopic (exact) mass is 593 g/mol. The van der Waals surface area contributed by atoms with E-state index in [-0.39, 0.29) is 12.5 Å². The largest absolute Gasteiger partial charge is 0.493 e. The van der Waals surface area contributed by atoms with Gasteiger partial charge in [0.1, 0.15) is 0 Å². The van der Waals surface area contributed by atoms with Crippen LogP contribution in [0.1, 0.15) is 27.0 Å². The van der Waals surface area contributed by atoms with Gasteiger partial charge in [0.15, 0.2) is 11.5 Å². The number of methoxy groups -OCH3 is 4. The van der Waals surface area contributed by atoms with E-state index in [1.165, 1.54) is 0 Å². The second kappa shape index (κ2) is 12.3. The zero-order valence-electron chi connectivity index (χ0n) is 25.2. The fraction of sp³-hybridized carbons (Fsp3) is 0.257. The number of nitrogens with zero attached hydrogens (tertiary/aromatic N) is 1. The van der Waals surface area contributed by atoms with Gasteiger partial charge in [-0.05, 0) is 77.9 Å². The van der Waals surface area contributed by atoms with Crippen LogP contribution in [0.4, 0.5) is 0 Å². The Morgan fingerprint density at radius 3 is 2.48 bits per heavy atom. The first-order valence-corrected chi connectivity index (χ1v) is 14.5. The molecule has 1 atom stereocenters. The van der Waals surface area contributed by atoms with Gasteiger partial charge in [-0.2, -0.15) is 0 Å². The van der Waals surface area contributed by atoms with Gasteiger partial charge in [-0.1, -0.05) is 18.2 Å². The van der Waals surface area contributed by atoms with E-state index in [1.54, 1.807) is 34.6 Å². The average Bonchev–Trinajstić information content (AvgIpc) is 3.48. The summed E-state index contributed by atoms with van der Waals surface area (Å²) in [7, 11) is 6.36. The van der Waals surface area contributed by atoms with E-state index in [0.717, 1.165) is 51.6 Å². The van der Waals surface area contributed by atoms with Crippen molar-refractivity contribution < 1.29 is 28.8 Å². The van der Waals surface area contributed by atoms with Crippen LogP contribution >= 0.6 is 0 Å². The van der Waals surface area contributed by atoms with Crippen LogP contribution in [0.5, 0.6) is 23.1 Å². The van der Waals surface area contributed by atoms with Crippen LogP contribution in [-0.4, -0.2) is 62.1 Å². The summed E-state index contributed by atoms with van der Waals surface area (Å²) in [6, 6.07) is 17.1. The Morgan fingerprint density at radius 2 is 1.73 bits per heavy atom. The molecule has 1 amide bonds. The molecule has 2 aromatic heterocycles. The quantitative estimate of drug-likeness (QED) is 0.200. The van der Waals surface area contributed by atoms with E-state index in [4.69, 9.17) is 18.9 Å². The summed E-state index contributed by atoms with van der Waals surface area (Å²) >= 11 is 0. The highest BCUT2D eigenvalue weighted by Gasteiger charge is 2.29. The van der Waals surface area contributed by atoms with Crippen molar-refractivity contribution in [1.82, 2.24) is 15.3 Å². The van der Waals surface area contributed by atoms with Gasteiger partial charge in [0.25, 0.3) is 5.91 Å². The lowest BCUT2D eigenvalue weighted by Gasteiger charge is -2.27. The Kier molecular flexibility index (Phi) is 8.13. The SMILES string of the molecule is COc1cc2c(c(OC)c1OC)CCc1cc(-c3cccnc3OC)c(C(=O)N[C@@H](CO)Cc3c[nH]c4ccccc34)cc1-2. The lowest BCUT2D eigenvalue weighted by molar-refractivity contribution is 0.0917. The van der Waals surface area contributed by atoms with Gasteiger partial charge in [0.05, 0.1) is 41.1 Å². The second-order valence-electron chi connectivity index (χ2n) is 10.7. The third kappa shape index (κ3) is 5.09. The van der Waals surface area contributed by atoms with Gasteiger partial charge in [0, 0.05) is 45.6 Å². The zero-order valence-corrected chi connectivity index (χ0v) is 25.2. The van der Waals surface area contributed by atoms with Crippen LogP contribution in [0.3, 0.4) is 0 Å². The van der Waals surface area contributed by atoms with Gasteiger partial charge in [-0.15, -0.1) is 0 Å². The fourth-order valence-corrected chi connectivity index (χ4v) is 6.23. The lowest BCUT2D eigenvalue weighted by Crippen LogP contribution is -2.39. The normalized spacial score (nSPS) is 12.7. The van der Waals surface area contributed by atoms with Crippen molar-refractivity contribution in [3.05, 3.63) is 89.2 Å². The van der Waals surface area contributed by atoms with Crippen molar-refractivity contribution in [3.8, 4) is 45.4 Å². The fourth-order valence-electron chi connectivity index (χ4n) is 6.23. The molecular weight excluding hydrogens is 558 g/mol. The number of pyridine rings is 1. The molecule has 226 valence electrons. The Hall–Kier alpha value is -5.02. The van der Waals surface area contributed by atoms with Crippen LogP contribution in [0.2, 0.25) is 0 Å². The number of hydrogen-bond acceptors (Lipinski definition) is 7.